The summed E-state index contributed by atoms with van der Waals surface area (Å²) >= 11 is 0. The second-order valence-electron chi connectivity index (χ2n) is 22.5. The van der Waals surface area contributed by atoms with E-state index >= 15 is 0 Å². The van der Waals surface area contributed by atoms with Gasteiger partial charge in [-0.25, -0.2) is 0 Å². The Morgan fingerprint density at radius 1 is 0.311 bits per heavy atom. The fourth-order valence-electron chi connectivity index (χ4n) is 13.7. The Kier molecular flexibility index (Phi) is 17.8. The summed E-state index contributed by atoms with van der Waals surface area (Å²) in [4.78, 5) is 0. The third kappa shape index (κ3) is 13.7. The monoisotopic (exact) mass is 823 g/mol. The third-order valence-corrected chi connectivity index (χ3v) is 18.2. The van der Waals surface area contributed by atoms with Crippen LogP contribution in [0.25, 0.3) is 0 Å². The van der Waals surface area contributed by atoms with E-state index in [2.05, 4.69) is 120 Å². The SMILES string of the molecule is C=CC1CCC(C2CCC(c3ccc(C)cc3)CC2)CC1.Cc1ccc(C2CCC(C3CCC(C)CC3)CC2)cc1.Cc1ccc(C2CCC(C3CCC(C)CC3)CC2)cc1. The molecular weight excluding hydrogens is 733 g/mol. The van der Waals surface area contributed by atoms with Crippen molar-refractivity contribution in [2.45, 2.75) is 206 Å². The molecule has 6 aliphatic rings. The van der Waals surface area contributed by atoms with Gasteiger partial charge in [-0.2, -0.15) is 0 Å². The zero-order valence-corrected chi connectivity index (χ0v) is 40.1. The summed E-state index contributed by atoms with van der Waals surface area (Å²) in [7, 11) is 0. The average Bonchev–Trinajstić information content (AvgIpc) is 3.31. The second kappa shape index (κ2) is 23.4. The molecule has 6 saturated carbocycles. The molecule has 0 unspecified atom stereocenters. The van der Waals surface area contributed by atoms with Crippen LogP contribution in [0.1, 0.15) is 219 Å². The van der Waals surface area contributed by atoms with Crippen molar-refractivity contribution in [3.05, 3.63) is 119 Å². The minimum atomic E-state index is 0.810. The summed E-state index contributed by atoms with van der Waals surface area (Å²) in [6.45, 7) is 15.4. The minimum Gasteiger partial charge on any atom is -0.103 e. The lowest BCUT2D eigenvalue weighted by molar-refractivity contribution is 0.165. The van der Waals surface area contributed by atoms with Crippen molar-refractivity contribution < 1.29 is 0 Å². The lowest BCUT2D eigenvalue weighted by atomic mass is 9.68. The predicted octanol–water partition coefficient (Wildman–Crippen LogP) is 18.5. The van der Waals surface area contributed by atoms with Crippen LogP contribution in [-0.2, 0) is 0 Å². The van der Waals surface area contributed by atoms with Crippen LogP contribution in [0.3, 0.4) is 0 Å². The maximum absolute atomic E-state index is 3.97. The van der Waals surface area contributed by atoms with Gasteiger partial charge in [0.1, 0.15) is 0 Å². The van der Waals surface area contributed by atoms with Crippen molar-refractivity contribution in [1.29, 1.82) is 0 Å². The number of rotatable bonds is 7. The average molecular weight is 823 g/mol. The summed E-state index contributed by atoms with van der Waals surface area (Å²) < 4.78 is 0. The van der Waals surface area contributed by atoms with E-state index in [0.717, 1.165) is 71.0 Å². The van der Waals surface area contributed by atoms with E-state index in [4.69, 9.17) is 0 Å². The molecule has 334 valence electrons. The number of allylic oxidation sites excluding steroid dienone is 1. The van der Waals surface area contributed by atoms with Crippen molar-refractivity contribution in [3.63, 3.8) is 0 Å². The highest BCUT2D eigenvalue weighted by molar-refractivity contribution is 5.27. The van der Waals surface area contributed by atoms with Crippen LogP contribution in [0.5, 0.6) is 0 Å². The first-order valence-corrected chi connectivity index (χ1v) is 26.5. The van der Waals surface area contributed by atoms with E-state index < -0.39 is 0 Å². The van der Waals surface area contributed by atoms with Gasteiger partial charge in [-0.15, -0.1) is 6.58 Å². The van der Waals surface area contributed by atoms with E-state index in [-0.39, 0.29) is 0 Å². The number of hydrogen-bond donors (Lipinski definition) is 0. The Balaban J connectivity index is 0.000000138. The molecule has 0 aliphatic heterocycles. The highest BCUT2D eigenvalue weighted by Crippen LogP contribution is 2.46. The van der Waals surface area contributed by atoms with Gasteiger partial charge in [-0.1, -0.05) is 135 Å². The van der Waals surface area contributed by atoms with Crippen LogP contribution in [0.4, 0.5) is 0 Å². The van der Waals surface area contributed by atoms with Crippen LogP contribution in [0.15, 0.2) is 85.5 Å². The Morgan fingerprint density at radius 3 is 0.754 bits per heavy atom. The summed E-state index contributed by atoms with van der Waals surface area (Å²) in [5.41, 5.74) is 8.91. The fourth-order valence-corrected chi connectivity index (χ4v) is 13.7. The van der Waals surface area contributed by atoms with Crippen molar-refractivity contribution in [1.82, 2.24) is 0 Å². The summed E-state index contributed by atoms with van der Waals surface area (Å²) in [5.74, 6) is 11.5. The molecule has 0 N–H and O–H groups in total. The molecule has 0 nitrogen and oxygen atoms in total. The van der Waals surface area contributed by atoms with Crippen molar-refractivity contribution >= 4 is 0 Å². The zero-order chi connectivity index (χ0) is 42.6. The molecular formula is C61H90. The highest BCUT2D eigenvalue weighted by atomic mass is 14.4. The van der Waals surface area contributed by atoms with Gasteiger partial charge >= 0.3 is 0 Å². The second-order valence-corrected chi connectivity index (χ2v) is 22.5. The normalized spacial score (nSPS) is 34.4. The number of benzene rings is 3. The Labute approximate surface area is 377 Å². The van der Waals surface area contributed by atoms with Gasteiger partial charge in [0.2, 0.25) is 0 Å². The van der Waals surface area contributed by atoms with E-state index in [9.17, 15) is 0 Å². The molecule has 3 aromatic carbocycles. The third-order valence-electron chi connectivity index (χ3n) is 18.2. The molecule has 0 saturated heterocycles. The van der Waals surface area contributed by atoms with Gasteiger partial charge in [0, 0.05) is 0 Å². The molecule has 0 bridgehead atoms. The molecule has 61 heavy (non-hydrogen) atoms. The standard InChI is InChI=1S/C21H30.2C20H30/c1-3-17-6-10-19(11-7-17)21-14-12-20(13-15-21)18-8-4-16(2)5-9-18;2*1-15-3-7-17(8-4-15)19-11-13-20(14-12-19)18-9-5-16(2)6-10-18/h3-5,8-9,17,19-21H,1,6-7,10-15H2,2H3;2*3-4,7-8,16,18-20H,5-6,9-14H2,1-2H3. The molecule has 0 heteroatoms. The molecule has 6 fully saturated rings. The first kappa shape index (κ1) is 46.4. The topological polar surface area (TPSA) is 0 Å². The van der Waals surface area contributed by atoms with Gasteiger partial charge in [0.25, 0.3) is 0 Å². The lowest BCUT2D eigenvalue weighted by Gasteiger charge is -2.37. The molecule has 3 aromatic rings. The highest BCUT2D eigenvalue weighted by Gasteiger charge is 2.33. The van der Waals surface area contributed by atoms with Crippen LogP contribution >= 0.6 is 0 Å². The molecule has 0 radical (unpaired) electrons. The van der Waals surface area contributed by atoms with Gasteiger partial charge < -0.3 is 0 Å². The quantitative estimate of drug-likeness (QED) is 0.208. The number of hydrogen-bond acceptors (Lipinski definition) is 0. The Bertz CT molecular complexity index is 1560. The molecule has 0 amide bonds. The van der Waals surface area contributed by atoms with Gasteiger partial charge in [0.15, 0.2) is 0 Å². The van der Waals surface area contributed by atoms with E-state index in [1.807, 2.05) is 0 Å². The maximum Gasteiger partial charge on any atom is -0.0162 e. The number of aryl methyl sites for hydroxylation is 3. The van der Waals surface area contributed by atoms with Crippen LogP contribution in [0.2, 0.25) is 0 Å². The van der Waals surface area contributed by atoms with Gasteiger partial charge in [-0.05, 0) is 237 Å². The Morgan fingerprint density at radius 2 is 0.525 bits per heavy atom. The van der Waals surface area contributed by atoms with Gasteiger partial charge in [-0.3, -0.25) is 0 Å². The van der Waals surface area contributed by atoms with Crippen LogP contribution in [-0.4, -0.2) is 0 Å². The summed E-state index contributed by atoms with van der Waals surface area (Å²) in [6.07, 6.45) is 37.3. The minimum absolute atomic E-state index is 0.810. The van der Waals surface area contributed by atoms with Crippen LogP contribution < -0.4 is 0 Å². The van der Waals surface area contributed by atoms with E-state index in [1.54, 1.807) is 16.7 Å². The maximum atomic E-state index is 3.97. The first-order valence-electron chi connectivity index (χ1n) is 26.5. The molecule has 9 rings (SSSR count). The van der Waals surface area contributed by atoms with Crippen LogP contribution in [0, 0.1) is 74.0 Å². The lowest BCUT2D eigenvalue weighted by Crippen LogP contribution is -2.25. The Hall–Kier alpha value is -2.60. The summed E-state index contributed by atoms with van der Waals surface area (Å²) in [6, 6.07) is 27.8. The van der Waals surface area contributed by atoms with E-state index in [1.165, 1.54) is 171 Å². The van der Waals surface area contributed by atoms with Gasteiger partial charge in [0.05, 0.1) is 0 Å². The van der Waals surface area contributed by atoms with Crippen molar-refractivity contribution in [3.8, 4) is 0 Å². The predicted molar refractivity (Wildman–Crippen MR) is 266 cm³/mol. The fraction of sp³-hybridized carbons (Fsp3) is 0.672. The van der Waals surface area contributed by atoms with Crippen molar-refractivity contribution in [2.24, 2.45) is 53.3 Å². The molecule has 0 heterocycles. The molecule has 0 atom stereocenters. The first-order chi connectivity index (χ1) is 29.7. The molecule has 0 spiro atoms. The smallest absolute Gasteiger partial charge is 0.0162 e. The zero-order valence-electron chi connectivity index (χ0n) is 40.1. The molecule has 6 aliphatic carbocycles. The summed E-state index contributed by atoms with van der Waals surface area (Å²) in [5, 5.41) is 0. The van der Waals surface area contributed by atoms with E-state index in [0.29, 0.717) is 0 Å². The largest absolute Gasteiger partial charge is 0.103 e. The molecule has 0 aromatic heterocycles. The van der Waals surface area contributed by atoms with Crippen molar-refractivity contribution in [2.75, 3.05) is 0 Å².